The molecule has 0 spiro atoms. The summed E-state index contributed by atoms with van der Waals surface area (Å²) in [7, 11) is 0. The van der Waals surface area contributed by atoms with Crippen LogP contribution in [0.4, 0.5) is 11.5 Å². The number of carbonyl (C=O) groups is 1. The molecule has 0 aliphatic rings. The van der Waals surface area contributed by atoms with Gasteiger partial charge in [-0.25, -0.2) is 9.78 Å². The van der Waals surface area contributed by atoms with Crippen LogP contribution < -0.4 is 11.5 Å². The summed E-state index contributed by atoms with van der Waals surface area (Å²) in [4.78, 5) is 14.9. The lowest BCUT2D eigenvalue weighted by Crippen LogP contribution is -1.99. The predicted molar refractivity (Wildman–Crippen MR) is 58.7 cm³/mol. The number of esters is 1. The van der Waals surface area contributed by atoms with E-state index in [0.717, 1.165) is 0 Å². The fraction of sp³-hybridized carbons (Fsp3) is 0.200. The summed E-state index contributed by atoms with van der Waals surface area (Å²) in [5, 5.41) is 0. The fourth-order valence-electron chi connectivity index (χ4n) is 0.986. The smallest absolute Gasteiger partial charge is 0.330 e. The van der Waals surface area contributed by atoms with Gasteiger partial charge in [0.2, 0.25) is 0 Å². The molecule has 1 heterocycles. The molecule has 0 saturated carbocycles. The normalized spacial score (nSPS) is 10.5. The summed E-state index contributed by atoms with van der Waals surface area (Å²) in [5.41, 5.74) is 12.2. The zero-order valence-electron chi connectivity index (χ0n) is 8.43. The summed E-state index contributed by atoms with van der Waals surface area (Å²) in [6.07, 6.45) is 4.34. The minimum atomic E-state index is -0.409. The Morgan fingerprint density at radius 2 is 2.33 bits per heavy atom. The first-order valence-electron chi connectivity index (χ1n) is 4.49. The van der Waals surface area contributed by atoms with E-state index in [1.165, 1.54) is 18.3 Å². The van der Waals surface area contributed by atoms with E-state index in [-0.39, 0.29) is 0 Å². The van der Waals surface area contributed by atoms with Gasteiger partial charge in [0.25, 0.3) is 0 Å². The molecule has 15 heavy (non-hydrogen) atoms. The monoisotopic (exact) mass is 207 g/mol. The SMILES string of the molecule is CCOC(=O)/C=C/c1cnc(N)cc1N. The van der Waals surface area contributed by atoms with Gasteiger partial charge in [0.1, 0.15) is 5.82 Å². The first-order chi connectivity index (χ1) is 7.13. The third kappa shape index (κ3) is 3.30. The van der Waals surface area contributed by atoms with Gasteiger partial charge in [-0.3, -0.25) is 0 Å². The Morgan fingerprint density at radius 1 is 1.60 bits per heavy atom. The van der Waals surface area contributed by atoms with Crippen LogP contribution in [0.15, 0.2) is 18.3 Å². The van der Waals surface area contributed by atoms with Crippen LogP contribution in [0.1, 0.15) is 12.5 Å². The van der Waals surface area contributed by atoms with Crippen LogP contribution in [0, 0.1) is 0 Å². The third-order valence-corrected chi connectivity index (χ3v) is 1.67. The number of anilines is 2. The first-order valence-corrected chi connectivity index (χ1v) is 4.49. The average Bonchev–Trinajstić information content (AvgIpc) is 2.17. The van der Waals surface area contributed by atoms with E-state index >= 15 is 0 Å². The molecule has 0 aliphatic carbocycles. The van der Waals surface area contributed by atoms with E-state index in [1.807, 2.05) is 0 Å². The number of carbonyl (C=O) groups excluding carboxylic acids is 1. The molecule has 0 bridgehead atoms. The Hall–Kier alpha value is -2.04. The first kappa shape index (κ1) is 11.0. The molecule has 0 radical (unpaired) electrons. The Balaban J connectivity index is 2.76. The fourth-order valence-corrected chi connectivity index (χ4v) is 0.986. The van der Waals surface area contributed by atoms with Crippen LogP contribution in [0.2, 0.25) is 0 Å². The van der Waals surface area contributed by atoms with Crippen molar-refractivity contribution in [3.63, 3.8) is 0 Å². The van der Waals surface area contributed by atoms with Gasteiger partial charge in [0.05, 0.1) is 6.61 Å². The Bertz CT molecular complexity index is 388. The van der Waals surface area contributed by atoms with E-state index in [4.69, 9.17) is 16.2 Å². The van der Waals surface area contributed by atoms with Gasteiger partial charge in [-0.15, -0.1) is 0 Å². The van der Waals surface area contributed by atoms with Gasteiger partial charge >= 0.3 is 5.97 Å². The highest BCUT2D eigenvalue weighted by molar-refractivity contribution is 5.88. The number of rotatable bonds is 3. The summed E-state index contributed by atoms with van der Waals surface area (Å²) < 4.78 is 4.72. The van der Waals surface area contributed by atoms with Crippen molar-refractivity contribution in [3.05, 3.63) is 23.9 Å². The average molecular weight is 207 g/mol. The number of hydrogen-bond donors (Lipinski definition) is 2. The molecule has 4 N–H and O–H groups in total. The van der Waals surface area contributed by atoms with Gasteiger partial charge in [0.15, 0.2) is 0 Å². The molecule has 0 saturated heterocycles. The highest BCUT2D eigenvalue weighted by atomic mass is 16.5. The molecule has 0 aliphatic heterocycles. The molecule has 1 aromatic heterocycles. The molecule has 5 heteroatoms. The molecule has 0 amide bonds. The largest absolute Gasteiger partial charge is 0.463 e. The maximum absolute atomic E-state index is 11.0. The van der Waals surface area contributed by atoms with Crippen molar-refractivity contribution < 1.29 is 9.53 Å². The molecular weight excluding hydrogens is 194 g/mol. The number of hydrogen-bond acceptors (Lipinski definition) is 5. The summed E-state index contributed by atoms with van der Waals surface area (Å²) >= 11 is 0. The second-order valence-corrected chi connectivity index (χ2v) is 2.82. The van der Waals surface area contributed by atoms with Crippen molar-refractivity contribution in [1.82, 2.24) is 4.98 Å². The van der Waals surface area contributed by atoms with Gasteiger partial charge in [-0.05, 0) is 13.0 Å². The lowest BCUT2D eigenvalue weighted by molar-refractivity contribution is -0.137. The van der Waals surface area contributed by atoms with Crippen molar-refractivity contribution in [3.8, 4) is 0 Å². The van der Waals surface area contributed by atoms with Crippen molar-refractivity contribution in [2.75, 3.05) is 18.1 Å². The summed E-state index contributed by atoms with van der Waals surface area (Å²) in [5.74, 6) is -0.0606. The van der Waals surface area contributed by atoms with Gasteiger partial charge in [0, 0.05) is 29.6 Å². The van der Waals surface area contributed by atoms with E-state index in [2.05, 4.69) is 4.98 Å². The van der Waals surface area contributed by atoms with Crippen LogP contribution in [0.5, 0.6) is 0 Å². The van der Waals surface area contributed by atoms with E-state index < -0.39 is 5.97 Å². The molecular formula is C10H13N3O2. The highest BCUT2D eigenvalue weighted by Gasteiger charge is 1.98. The molecule has 0 aromatic carbocycles. The van der Waals surface area contributed by atoms with Gasteiger partial charge in [-0.1, -0.05) is 0 Å². The Morgan fingerprint density at radius 3 is 2.93 bits per heavy atom. The van der Waals surface area contributed by atoms with E-state index in [1.54, 1.807) is 13.0 Å². The summed E-state index contributed by atoms with van der Waals surface area (Å²) in [6, 6.07) is 1.53. The highest BCUT2D eigenvalue weighted by Crippen LogP contribution is 2.14. The van der Waals surface area contributed by atoms with E-state index in [0.29, 0.717) is 23.7 Å². The molecule has 0 unspecified atom stereocenters. The molecule has 1 rings (SSSR count). The van der Waals surface area contributed by atoms with Gasteiger partial charge < -0.3 is 16.2 Å². The van der Waals surface area contributed by atoms with Crippen LogP contribution >= 0.6 is 0 Å². The molecule has 0 fully saturated rings. The molecule has 0 atom stereocenters. The van der Waals surface area contributed by atoms with Crippen LogP contribution in [-0.2, 0) is 9.53 Å². The lowest BCUT2D eigenvalue weighted by atomic mass is 10.2. The quantitative estimate of drug-likeness (QED) is 0.565. The predicted octanol–water partition coefficient (Wildman–Crippen LogP) is 0.822. The van der Waals surface area contributed by atoms with E-state index in [9.17, 15) is 4.79 Å². The van der Waals surface area contributed by atoms with Crippen molar-refractivity contribution >= 4 is 23.6 Å². The molecule has 80 valence electrons. The second kappa shape index (κ2) is 4.99. The minimum Gasteiger partial charge on any atom is -0.463 e. The second-order valence-electron chi connectivity index (χ2n) is 2.82. The molecule has 1 aromatic rings. The minimum absolute atomic E-state index is 0.346. The van der Waals surface area contributed by atoms with Gasteiger partial charge in [-0.2, -0.15) is 0 Å². The number of nitrogen functional groups attached to an aromatic ring is 2. The summed E-state index contributed by atoms with van der Waals surface area (Å²) in [6.45, 7) is 2.09. The molecule has 5 nitrogen and oxygen atoms in total. The Labute approximate surface area is 87.7 Å². The van der Waals surface area contributed by atoms with Crippen molar-refractivity contribution in [2.24, 2.45) is 0 Å². The number of pyridine rings is 1. The topological polar surface area (TPSA) is 91.2 Å². The Kier molecular flexibility index (Phi) is 3.68. The zero-order chi connectivity index (χ0) is 11.3. The third-order valence-electron chi connectivity index (χ3n) is 1.67. The van der Waals surface area contributed by atoms with Crippen LogP contribution in [0.3, 0.4) is 0 Å². The van der Waals surface area contributed by atoms with Crippen LogP contribution in [-0.4, -0.2) is 17.6 Å². The maximum atomic E-state index is 11.0. The zero-order valence-corrected chi connectivity index (χ0v) is 8.43. The lowest BCUT2D eigenvalue weighted by Gasteiger charge is -2.00. The standard InChI is InChI=1S/C10H13N3O2/c1-2-15-10(14)4-3-7-6-13-9(12)5-8(7)11/h3-6H,2H2,1H3,(H4,11,12,13)/b4-3+. The van der Waals surface area contributed by atoms with Crippen molar-refractivity contribution in [2.45, 2.75) is 6.92 Å². The number of nitrogens with zero attached hydrogens (tertiary/aromatic N) is 1. The van der Waals surface area contributed by atoms with Crippen molar-refractivity contribution in [1.29, 1.82) is 0 Å². The number of aromatic nitrogens is 1. The van der Waals surface area contributed by atoms with Crippen LogP contribution in [0.25, 0.3) is 6.08 Å². The maximum Gasteiger partial charge on any atom is 0.330 e. The number of nitrogens with two attached hydrogens (primary N) is 2. The number of ether oxygens (including phenoxy) is 1.